The SMILES string of the molecule is CC(C)(C)c1ccc(Oc2c(C(F)(F)F)oc3cc(OC(=O)/C=C/c4ccc(F)cc4)ccc3c2=O)cc1. The highest BCUT2D eigenvalue weighted by Crippen LogP contribution is 2.39. The fourth-order valence-electron chi connectivity index (χ4n) is 3.53. The number of carbonyl (C=O) groups excluding carboxylic acids is 1. The van der Waals surface area contributed by atoms with Gasteiger partial charge in [-0.1, -0.05) is 45.0 Å². The van der Waals surface area contributed by atoms with Crippen LogP contribution in [0.15, 0.2) is 82.0 Å². The molecule has 0 spiro atoms. The van der Waals surface area contributed by atoms with E-state index in [4.69, 9.17) is 13.9 Å². The maximum absolute atomic E-state index is 13.8. The van der Waals surface area contributed by atoms with Crippen molar-refractivity contribution in [2.24, 2.45) is 0 Å². The van der Waals surface area contributed by atoms with Crippen molar-refractivity contribution in [2.75, 3.05) is 0 Å². The van der Waals surface area contributed by atoms with Crippen LogP contribution in [-0.4, -0.2) is 5.97 Å². The Balaban J connectivity index is 1.64. The van der Waals surface area contributed by atoms with Crippen molar-refractivity contribution in [2.45, 2.75) is 32.4 Å². The summed E-state index contributed by atoms with van der Waals surface area (Å²) in [7, 11) is 0. The van der Waals surface area contributed by atoms with Crippen molar-refractivity contribution in [3.05, 3.63) is 106 Å². The first-order valence-corrected chi connectivity index (χ1v) is 11.4. The average molecular weight is 526 g/mol. The summed E-state index contributed by atoms with van der Waals surface area (Å²) in [5.74, 6) is -4.00. The van der Waals surface area contributed by atoms with Crippen molar-refractivity contribution in [3.63, 3.8) is 0 Å². The lowest BCUT2D eigenvalue weighted by Crippen LogP contribution is -2.16. The fourth-order valence-corrected chi connectivity index (χ4v) is 3.53. The molecule has 4 rings (SSSR count). The molecule has 9 heteroatoms. The number of fused-ring (bicyclic) bond motifs is 1. The van der Waals surface area contributed by atoms with Crippen molar-refractivity contribution >= 4 is 23.0 Å². The molecule has 0 saturated carbocycles. The molecule has 0 fully saturated rings. The first-order valence-electron chi connectivity index (χ1n) is 11.4. The summed E-state index contributed by atoms with van der Waals surface area (Å²) in [6.45, 7) is 5.95. The number of rotatable bonds is 5. The Labute approximate surface area is 214 Å². The minimum atomic E-state index is -5.04. The molecule has 0 aliphatic carbocycles. The Morgan fingerprint density at radius 2 is 1.53 bits per heavy atom. The average Bonchev–Trinajstić information content (AvgIpc) is 2.84. The van der Waals surface area contributed by atoms with Crippen LogP contribution in [0.2, 0.25) is 0 Å². The zero-order valence-electron chi connectivity index (χ0n) is 20.6. The third-order valence-electron chi connectivity index (χ3n) is 5.52. The molecular weight excluding hydrogens is 504 g/mol. The highest BCUT2D eigenvalue weighted by molar-refractivity contribution is 5.89. The van der Waals surface area contributed by atoms with Crippen LogP contribution < -0.4 is 14.9 Å². The predicted molar refractivity (Wildman–Crippen MR) is 134 cm³/mol. The maximum Gasteiger partial charge on any atom is 0.453 e. The molecule has 0 N–H and O–H groups in total. The molecule has 196 valence electrons. The Morgan fingerprint density at radius 1 is 0.895 bits per heavy atom. The highest BCUT2D eigenvalue weighted by atomic mass is 19.4. The first kappa shape index (κ1) is 26.7. The second-order valence-corrected chi connectivity index (χ2v) is 9.43. The van der Waals surface area contributed by atoms with E-state index >= 15 is 0 Å². The lowest BCUT2D eigenvalue weighted by Gasteiger charge is -2.19. The van der Waals surface area contributed by atoms with Gasteiger partial charge in [0.15, 0.2) is 0 Å². The van der Waals surface area contributed by atoms with E-state index in [0.717, 1.165) is 17.7 Å². The van der Waals surface area contributed by atoms with Gasteiger partial charge in [0.25, 0.3) is 5.76 Å². The molecule has 1 aromatic heterocycles. The van der Waals surface area contributed by atoms with Crippen LogP contribution in [0.3, 0.4) is 0 Å². The van der Waals surface area contributed by atoms with Crippen LogP contribution in [0.25, 0.3) is 17.0 Å². The molecule has 0 atom stereocenters. The molecule has 3 aromatic carbocycles. The Bertz CT molecular complexity index is 1560. The van der Waals surface area contributed by atoms with Gasteiger partial charge in [-0.3, -0.25) is 4.79 Å². The summed E-state index contributed by atoms with van der Waals surface area (Å²) in [5, 5.41) is -0.194. The smallest absolute Gasteiger partial charge is 0.449 e. The molecule has 0 bridgehead atoms. The van der Waals surface area contributed by atoms with E-state index in [1.165, 1.54) is 54.6 Å². The zero-order valence-corrected chi connectivity index (χ0v) is 20.6. The molecule has 5 nitrogen and oxygen atoms in total. The number of ether oxygens (including phenoxy) is 2. The number of alkyl halides is 3. The van der Waals surface area contributed by atoms with E-state index in [1.54, 1.807) is 12.1 Å². The number of hydrogen-bond acceptors (Lipinski definition) is 5. The second kappa shape index (κ2) is 10.2. The lowest BCUT2D eigenvalue weighted by atomic mass is 9.87. The van der Waals surface area contributed by atoms with Gasteiger partial charge in [0.05, 0.1) is 5.39 Å². The van der Waals surface area contributed by atoms with Gasteiger partial charge in [-0.2, -0.15) is 13.2 Å². The van der Waals surface area contributed by atoms with Crippen molar-refractivity contribution in [1.82, 2.24) is 0 Å². The minimum Gasteiger partial charge on any atom is -0.449 e. The van der Waals surface area contributed by atoms with Crippen molar-refractivity contribution in [1.29, 1.82) is 0 Å². The number of hydrogen-bond donors (Lipinski definition) is 0. The summed E-state index contributed by atoms with van der Waals surface area (Å²) in [6, 6.07) is 15.1. The van der Waals surface area contributed by atoms with Crippen LogP contribution in [0.1, 0.15) is 37.7 Å². The Hall–Kier alpha value is -4.40. The second-order valence-electron chi connectivity index (χ2n) is 9.43. The van der Waals surface area contributed by atoms with Crippen LogP contribution in [-0.2, 0) is 16.4 Å². The summed E-state index contributed by atoms with van der Waals surface area (Å²) in [4.78, 5) is 25.2. The van der Waals surface area contributed by atoms with E-state index < -0.39 is 40.5 Å². The van der Waals surface area contributed by atoms with Crippen LogP contribution >= 0.6 is 0 Å². The molecule has 0 aliphatic rings. The topological polar surface area (TPSA) is 65.7 Å². The van der Waals surface area contributed by atoms with Crippen molar-refractivity contribution in [3.8, 4) is 17.2 Å². The first-order chi connectivity index (χ1) is 17.8. The number of benzene rings is 3. The van der Waals surface area contributed by atoms with Gasteiger partial charge in [0, 0.05) is 12.1 Å². The monoisotopic (exact) mass is 526 g/mol. The number of carbonyl (C=O) groups is 1. The van der Waals surface area contributed by atoms with Gasteiger partial charge in [-0.25, -0.2) is 9.18 Å². The molecule has 0 aliphatic heterocycles. The number of halogens is 4. The molecule has 38 heavy (non-hydrogen) atoms. The normalized spacial score (nSPS) is 12.2. The molecule has 0 saturated heterocycles. The third kappa shape index (κ3) is 6.11. The fraction of sp³-hybridized carbons (Fsp3) is 0.172. The van der Waals surface area contributed by atoms with Gasteiger partial charge in [-0.15, -0.1) is 0 Å². The lowest BCUT2D eigenvalue weighted by molar-refractivity contribution is -0.154. The molecule has 0 radical (unpaired) electrons. The van der Waals surface area contributed by atoms with Crippen molar-refractivity contribution < 1.29 is 36.2 Å². The quantitative estimate of drug-likeness (QED) is 0.116. The van der Waals surface area contributed by atoms with Gasteiger partial charge < -0.3 is 13.9 Å². The summed E-state index contributed by atoms with van der Waals surface area (Å²) in [5.41, 5.74) is -0.197. The van der Waals surface area contributed by atoms with E-state index in [0.29, 0.717) is 5.56 Å². The minimum absolute atomic E-state index is 0.0358. The largest absolute Gasteiger partial charge is 0.453 e. The molecule has 4 aromatic rings. The van der Waals surface area contributed by atoms with Crippen LogP contribution in [0.5, 0.6) is 17.2 Å². The molecular formula is C29H22F4O5. The molecule has 0 unspecified atom stereocenters. The van der Waals surface area contributed by atoms with Crippen LogP contribution in [0, 0.1) is 5.82 Å². The van der Waals surface area contributed by atoms with Gasteiger partial charge in [0.2, 0.25) is 11.2 Å². The maximum atomic E-state index is 13.8. The summed E-state index contributed by atoms with van der Waals surface area (Å²) >= 11 is 0. The van der Waals surface area contributed by atoms with Gasteiger partial charge in [-0.05, 0) is 59.0 Å². The van der Waals surface area contributed by atoms with E-state index in [9.17, 15) is 27.2 Å². The standard InChI is InChI=1S/C29H22F4O5/c1-28(2,3)18-7-11-20(12-8-18)37-26-25(35)22-14-13-21(16-23(22)38-27(26)29(31,32)33)36-24(34)15-6-17-4-9-19(30)10-5-17/h4-16H,1-3H3/b15-6+. The van der Waals surface area contributed by atoms with Gasteiger partial charge >= 0.3 is 12.1 Å². The van der Waals surface area contributed by atoms with E-state index in [1.807, 2.05) is 20.8 Å². The molecule has 0 amide bonds. The summed E-state index contributed by atoms with van der Waals surface area (Å²) < 4.78 is 70.1. The van der Waals surface area contributed by atoms with E-state index in [-0.39, 0.29) is 22.3 Å². The van der Waals surface area contributed by atoms with Crippen LogP contribution in [0.4, 0.5) is 17.6 Å². The summed E-state index contributed by atoms with van der Waals surface area (Å²) in [6.07, 6.45) is -2.60. The highest BCUT2D eigenvalue weighted by Gasteiger charge is 2.40. The number of esters is 1. The predicted octanol–water partition coefficient (Wildman–Crippen LogP) is 7.66. The zero-order chi connectivity index (χ0) is 27.7. The van der Waals surface area contributed by atoms with E-state index in [2.05, 4.69) is 0 Å². The molecule has 1 heterocycles. The Kier molecular flexibility index (Phi) is 7.13. The third-order valence-corrected chi connectivity index (χ3v) is 5.52. The van der Waals surface area contributed by atoms with Gasteiger partial charge in [0.1, 0.15) is 22.9 Å². The Morgan fingerprint density at radius 3 is 2.13 bits per heavy atom.